The van der Waals surface area contributed by atoms with E-state index in [4.69, 9.17) is 0 Å². The van der Waals surface area contributed by atoms with E-state index in [9.17, 15) is 0 Å². The van der Waals surface area contributed by atoms with Gasteiger partial charge in [-0.2, -0.15) is 0 Å². The van der Waals surface area contributed by atoms with Crippen LogP contribution in [0.15, 0.2) is 30.3 Å². The number of rotatable bonds is 2. The predicted molar refractivity (Wildman–Crippen MR) is 118 cm³/mol. The Kier molecular flexibility index (Phi) is 17.8. The van der Waals surface area contributed by atoms with Crippen LogP contribution in [0.4, 0.5) is 0 Å². The Morgan fingerprint density at radius 2 is 1.08 bits per heavy atom. The summed E-state index contributed by atoms with van der Waals surface area (Å²) in [6, 6.07) is 10.6. The maximum absolute atomic E-state index is 2.30. The third-order valence-electron chi connectivity index (χ3n) is 3.10. The van der Waals surface area contributed by atoms with Gasteiger partial charge in [-0.3, -0.25) is 0 Å². The third kappa shape index (κ3) is 19.2. The molecule has 26 heavy (non-hydrogen) atoms. The summed E-state index contributed by atoms with van der Waals surface area (Å²) in [6.45, 7) is 11.3. The summed E-state index contributed by atoms with van der Waals surface area (Å²) in [4.78, 5) is 0. The molecule has 2 fully saturated rings. The van der Waals surface area contributed by atoms with Gasteiger partial charge in [0.05, 0.1) is 0 Å². The molecule has 2 heteroatoms. The van der Waals surface area contributed by atoms with E-state index >= 15 is 0 Å². The van der Waals surface area contributed by atoms with Gasteiger partial charge in [-0.15, -0.1) is 0 Å². The summed E-state index contributed by atoms with van der Waals surface area (Å²) < 4.78 is 2.30. The van der Waals surface area contributed by atoms with E-state index in [1.807, 2.05) is 64.2 Å². The summed E-state index contributed by atoms with van der Waals surface area (Å²) >= 11 is 1.55. The van der Waals surface area contributed by atoms with Crippen LogP contribution in [-0.4, -0.2) is 17.0 Å². The zero-order valence-electron chi connectivity index (χ0n) is 16.9. The molecule has 1 aromatic rings. The van der Waals surface area contributed by atoms with Gasteiger partial charge >= 0.3 is 60.6 Å². The van der Waals surface area contributed by atoms with Gasteiger partial charge in [-0.05, 0) is 82.8 Å². The van der Waals surface area contributed by atoms with E-state index in [0.29, 0.717) is 5.41 Å². The molecule has 0 aromatic heterocycles. The molecule has 0 spiro atoms. The Labute approximate surface area is 181 Å². The molecule has 0 atom stereocenters. The van der Waals surface area contributed by atoms with Crippen molar-refractivity contribution in [2.24, 2.45) is 5.41 Å². The second-order valence-corrected chi connectivity index (χ2v) is 10.4. The first-order chi connectivity index (χ1) is 12.4. The van der Waals surface area contributed by atoms with E-state index in [0.717, 1.165) is 0 Å². The molecule has 2 aliphatic rings. The van der Waals surface area contributed by atoms with Crippen LogP contribution in [0.1, 0.15) is 27.2 Å². The Morgan fingerprint density at radius 3 is 1.23 bits per heavy atom. The van der Waals surface area contributed by atoms with Gasteiger partial charge in [-0.1, -0.05) is 38.3 Å². The molecule has 0 bridgehead atoms. The Hall–Kier alpha value is 0.403. The Morgan fingerprint density at radius 1 is 0.731 bits per heavy atom. The minimum absolute atomic E-state index is 0.104. The minimum Gasteiger partial charge on any atom is -0.0817 e. The zero-order chi connectivity index (χ0) is 19.7. The van der Waals surface area contributed by atoms with Crippen LogP contribution < -0.4 is 5.30 Å². The number of hydrogen-bond acceptors (Lipinski definition) is 0. The molecule has 0 unspecified atom stereocenters. The molecule has 0 heterocycles. The van der Waals surface area contributed by atoms with Crippen molar-refractivity contribution in [1.29, 1.82) is 0 Å². The van der Waals surface area contributed by atoms with E-state index in [2.05, 4.69) is 68.1 Å². The molecule has 0 nitrogen and oxygen atoms in total. The summed E-state index contributed by atoms with van der Waals surface area (Å²) in [7, 11) is 0.104. The van der Waals surface area contributed by atoms with Crippen molar-refractivity contribution in [3.05, 3.63) is 94.5 Å². The van der Waals surface area contributed by atoms with Crippen molar-refractivity contribution in [3.63, 3.8) is 0 Å². The molecule has 2 saturated carbocycles. The van der Waals surface area contributed by atoms with Crippen molar-refractivity contribution in [1.82, 2.24) is 0 Å². The van der Waals surface area contributed by atoms with Gasteiger partial charge in [0.15, 0.2) is 0 Å². The SMILES string of the molecule is CC(C)(C)C[CH]=[Zr].CP(C)c1ccccc1.[CH]1[CH][CH][CH][CH]1.[CH]1[CH][CH][CH][CH]1. The van der Waals surface area contributed by atoms with Crippen molar-refractivity contribution < 1.29 is 24.2 Å². The van der Waals surface area contributed by atoms with Crippen LogP contribution in [0.25, 0.3) is 0 Å². The van der Waals surface area contributed by atoms with Crippen molar-refractivity contribution in [2.45, 2.75) is 27.2 Å². The molecule has 0 aliphatic heterocycles. The average molecular weight is 444 g/mol. The Balaban J connectivity index is 0.000000330. The second kappa shape index (κ2) is 17.5. The van der Waals surface area contributed by atoms with E-state index in [-0.39, 0.29) is 7.92 Å². The maximum Gasteiger partial charge on any atom is -0.0246 e. The van der Waals surface area contributed by atoms with Crippen molar-refractivity contribution in [3.8, 4) is 0 Å². The van der Waals surface area contributed by atoms with E-state index < -0.39 is 0 Å². The predicted octanol–water partition coefficient (Wildman–Crippen LogP) is 5.87. The normalized spacial score (nSPS) is 15.7. The molecule has 1 aromatic carbocycles. The third-order valence-corrected chi connectivity index (χ3v) is 4.93. The second-order valence-electron chi connectivity index (χ2n) is 7.12. The smallest absolute Gasteiger partial charge is 0.0246 e. The van der Waals surface area contributed by atoms with Gasteiger partial charge in [0, 0.05) is 0 Å². The molecular weight excluding hydrogens is 410 g/mol. The monoisotopic (exact) mass is 442 g/mol. The van der Waals surface area contributed by atoms with Crippen molar-refractivity contribution >= 4 is 16.9 Å². The largest absolute Gasteiger partial charge is 0.0817 e. The minimum atomic E-state index is 0.104. The first-order valence-corrected chi connectivity index (χ1v) is 12.6. The number of hydrogen-bond donors (Lipinski definition) is 0. The fourth-order valence-electron chi connectivity index (χ4n) is 1.67. The van der Waals surface area contributed by atoms with Crippen LogP contribution in [-0.2, 0) is 24.2 Å². The van der Waals surface area contributed by atoms with E-state index in [1.54, 1.807) is 24.2 Å². The quantitative estimate of drug-likeness (QED) is 0.502. The van der Waals surface area contributed by atoms with Gasteiger partial charge in [0.1, 0.15) is 0 Å². The maximum atomic E-state index is 2.30. The fourth-order valence-corrected chi connectivity index (χ4v) is 3.95. The average Bonchev–Trinajstić information content (AvgIpc) is 3.33. The van der Waals surface area contributed by atoms with Gasteiger partial charge in [-0.25, -0.2) is 0 Å². The Bertz CT molecular complexity index is 386. The van der Waals surface area contributed by atoms with Crippen LogP contribution >= 0.6 is 7.92 Å². The van der Waals surface area contributed by atoms with Crippen LogP contribution in [0.5, 0.6) is 0 Å². The first kappa shape index (κ1) is 26.4. The molecule has 0 amide bonds. The molecule has 0 N–H and O–H groups in total. The van der Waals surface area contributed by atoms with E-state index in [1.165, 1.54) is 11.7 Å². The summed E-state index contributed by atoms with van der Waals surface area (Å²) in [6.07, 6.45) is 21.3. The standard InChI is InChI=1S/C8H11P.C6H12.2C5H5.Zr/c1-9(2)8-6-4-3-5-7-8;1-5-6(2,3)4;2*1-2-4-5-3-1;/h3-7H,1-2H3;1H,5H2,2-4H3;2*1-5H;. The van der Waals surface area contributed by atoms with Crippen LogP contribution in [0.3, 0.4) is 0 Å². The fraction of sp³-hybridized carbons (Fsp3) is 0.292. The van der Waals surface area contributed by atoms with Crippen molar-refractivity contribution in [2.75, 3.05) is 13.3 Å². The topological polar surface area (TPSA) is 0 Å². The zero-order valence-corrected chi connectivity index (χ0v) is 20.2. The van der Waals surface area contributed by atoms with Gasteiger partial charge in [0.2, 0.25) is 0 Å². The molecule has 2 aliphatic carbocycles. The molecule has 138 valence electrons. The summed E-state index contributed by atoms with van der Waals surface area (Å²) in [5.74, 6) is 0. The molecule has 3 rings (SSSR count). The van der Waals surface area contributed by atoms with Crippen LogP contribution in [0.2, 0.25) is 0 Å². The van der Waals surface area contributed by atoms with Gasteiger partial charge < -0.3 is 0 Å². The molecule has 0 saturated heterocycles. The summed E-state index contributed by atoms with van der Waals surface area (Å²) in [5, 5.41) is 1.48. The number of benzene rings is 1. The summed E-state index contributed by atoms with van der Waals surface area (Å²) in [5.41, 5.74) is 0.517. The van der Waals surface area contributed by atoms with Gasteiger partial charge in [0.25, 0.3) is 0 Å². The first-order valence-electron chi connectivity index (χ1n) is 8.91. The molecular formula is C24H33PZr. The van der Waals surface area contributed by atoms with Crippen LogP contribution in [0, 0.1) is 69.6 Å². The molecule has 10 radical (unpaired) electrons.